The standard InChI is InChI=1S/C16H24N2O4S/c1-4-14(16(19)22-5-2)17-10-11-18(23(3,20)21)15-9-7-6-8-13(15)12-17/h6-9,14H,4-5,10-12H2,1-3H3. The van der Waals surface area contributed by atoms with Gasteiger partial charge < -0.3 is 4.74 Å². The zero-order valence-electron chi connectivity index (χ0n) is 13.9. The minimum Gasteiger partial charge on any atom is -0.465 e. The van der Waals surface area contributed by atoms with Crippen molar-refractivity contribution < 1.29 is 17.9 Å². The van der Waals surface area contributed by atoms with E-state index in [1.54, 1.807) is 6.92 Å². The summed E-state index contributed by atoms with van der Waals surface area (Å²) in [7, 11) is -3.36. The van der Waals surface area contributed by atoms with Gasteiger partial charge >= 0.3 is 5.97 Å². The predicted octanol–water partition coefficient (Wildman–Crippen LogP) is 1.61. The first-order chi connectivity index (χ1) is 10.9. The molecule has 0 aromatic heterocycles. The summed E-state index contributed by atoms with van der Waals surface area (Å²) in [5, 5.41) is 0. The third-order valence-electron chi connectivity index (χ3n) is 4.01. The van der Waals surface area contributed by atoms with Crippen LogP contribution in [0.4, 0.5) is 5.69 Å². The van der Waals surface area contributed by atoms with Crippen LogP contribution in [0.15, 0.2) is 24.3 Å². The highest BCUT2D eigenvalue weighted by Crippen LogP contribution is 2.28. The number of benzene rings is 1. The highest BCUT2D eigenvalue weighted by molar-refractivity contribution is 7.92. The van der Waals surface area contributed by atoms with Gasteiger partial charge in [-0.3, -0.25) is 14.0 Å². The molecule has 0 radical (unpaired) electrons. The molecule has 1 aromatic rings. The number of carbonyl (C=O) groups excluding carboxylic acids is 1. The number of sulfonamides is 1. The predicted molar refractivity (Wildman–Crippen MR) is 89.8 cm³/mol. The maximum absolute atomic E-state index is 12.2. The first-order valence-electron chi connectivity index (χ1n) is 7.84. The van der Waals surface area contributed by atoms with Crippen LogP contribution in [0, 0.1) is 0 Å². The van der Waals surface area contributed by atoms with E-state index < -0.39 is 10.0 Å². The molecule has 0 saturated heterocycles. The molecule has 128 valence electrons. The van der Waals surface area contributed by atoms with Gasteiger partial charge in [-0.2, -0.15) is 0 Å². The summed E-state index contributed by atoms with van der Waals surface area (Å²) in [5.41, 5.74) is 1.59. The molecular weight excluding hydrogens is 316 g/mol. The largest absolute Gasteiger partial charge is 0.465 e. The first kappa shape index (κ1) is 17.7. The van der Waals surface area contributed by atoms with E-state index in [-0.39, 0.29) is 12.0 Å². The number of hydrogen-bond acceptors (Lipinski definition) is 5. The number of fused-ring (bicyclic) bond motifs is 1. The number of anilines is 1. The number of hydrogen-bond donors (Lipinski definition) is 0. The summed E-state index contributed by atoms with van der Waals surface area (Å²) in [4.78, 5) is 14.2. The van der Waals surface area contributed by atoms with E-state index in [1.165, 1.54) is 10.6 Å². The molecule has 1 heterocycles. The molecule has 0 spiro atoms. The number of para-hydroxylation sites is 1. The molecule has 1 unspecified atom stereocenters. The number of ether oxygens (including phenoxy) is 1. The third kappa shape index (κ3) is 4.03. The smallest absolute Gasteiger partial charge is 0.323 e. The van der Waals surface area contributed by atoms with Crippen molar-refractivity contribution in [2.75, 3.05) is 30.3 Å². The highest BCUT2D eigenvalue weighted by Gasteiger charge is 2.31. The fourth-order valence-electron chi connectivity index (χ4n) is 2.95. The van der Waals surface area contributed by atoms with Crippen molar-refractivity contribution in [3.8, 4) is 0 Å². The second-order valence-electron chi connectivity index (χ2n) is 5.61. The van der Waals surface area contributed by atoms with Crippen LogP contribution < -0.4 is 4.31 Å². The second kappa shape index (κ2) is 7.31. The van der Waals surface area contributed by atoms with E-state index in [1.807, 2.05) is 36.1 Å². The third-order valence-corrected chi connectivity index (χ3v) is 5.19. The molecular formula is C16H24N2O4S. The lowest BCUT2D eigenvalue weighted by atomic mass is 10.1. The molecule has 7 heteroatoms. The molecule has 0 fully saturated rings. The molecule has 0 aliphatic carbocycles. The van der Waals surface area contributed by atoms with Gasteiger partial charge in [0.15, 0.2) is 0 Å². The molecule has 23 heavy (non-hydrogen) atoms. The van der Waals surface area contributed by atoms with Crippen LogP contribution in [0.2, 0.25) is 0 Å². The summed E-state index contributed by atoms with van der Waals surface area (Å²) in [6.45, 7) is 5.40. The quantitative estimate of drug-likeness (QED) is 0.762. The molecule has 0 bridgehead atoms. The van der Waals surface area contributed by atoms with Crippen molar-refractivity contribution in [3.63, 3.8) is 0 Å². The van der Waals surface area contributed by atoms with Gasteiger partial charge in [0.2, 0.25) is 10.0 Å². The van der Waals surface area contributed by atoms with E-state index >= 15 is 0 Å². The van der Waals surface area contributed by atoms with Crippen LogP contribution >= 0.6 is 0 Å². The Kier molecular flexibility index (Phi) is 5.64. The van der Waals surface area contributed by atoms with Crippen molar-refractivity contribution in [3.05, 3.63) is 29.8 Å². The van der Waals surface area contributed by atoms with Crippen LogP contribution in [-0.4, -0.2) is 51.3 Å². The van der Waals surface area contributed by atoms with Gasteiger partial charge in [-0.1, -0.05) is 25.1 Å². The molecule has 1 aliphatic heterocycles. The molecule has 1 atom stereocenters. The van der Waals surface area contributed by atoms with Crippen LogP contribution in [0.3, 0.4) is 0 Å². The van der Waals surface area contributed by atoms with Crippen molar-refractivity contribution in [1.29, 1.82) is 0 Å². The molecule has 1 aromatic carbocycles. The summed E-state index contributed by atoms with van der Waals surface area (Å²) in [6.07, 6.45) is 1.84. The lowest BCUT2D eigenvalue weighted by Crippen LogP contribution is -2.44. The maximum Gasteiger partial charge on any atom is 0.323 e. The average molecular weight is 340 g/mol. The monoisotopic (exact) mass is 340 g/mol. The summed E-state index contributed by atoms with van der Waals surface area (Å²) < 4.78 is 30.8. The van der Waals surface area contributed by atoms with Gasteiger partial charge in [-0.15, -0.1) is 0 Å². The molecule has 1 aliphatic rings. The molecule has 0 saturated carbocycles. The van der Waals surface area contributed by atoms with E-state index in [0.29, 0.717) is 38.3 Å². The number of rotatable bonds is 5. The zero-order valence-corrected chi connectivity index (χ0v) is 14.7. The Labute approximate surface area is 138 Å². The lowest BCUT2D eigenvalue weighted by molar-refractivity contribution is -0.149. The fourth-order valence-corrected chi connectivity index (χ4v) is 3.90. The normalized spacial score (nSPS) is 17.3. The van der Waals surface area contributed by atoms with Gasteiger partial charge in [0, 0.05) is 19.6 Å². The van der Waals surface area contributed by atoms with Crippen molar-refractivity contribution in [2.45, 2.75) is 32.9 Å². The number of esters is 1. The van der Waals surface area contributed by atoms with E-state index in [9.17, 15) is 13.2 Å². The van der Waals surface area contributed by atoms with Gasteiger partial charge in [-0.05, 0) is 25.0 Å². The first-order valence-corrected chi connectivity index (χ1v) is 9.69. The number of nitrogens with zero attached hydrogens (tertiary/aromatic N) is 2. The van der Waals surface area contributed by atoms with Gasteiger partial charge in [0.25, 0.3) is 0 Å². The van der Waals surface area contributed by atoms with Crippen LogP contribution in [0.25, 0.3) is 0 Å². The Bertz CT molecular complexity index is 660. The maximum atomic E-state index is 12.2. The average Bonchev–Trinajstić information content (AvgIpc) is 2.67. The molecule has 0 amide bonds. The Morgan fingerprint density at radius 3 is 2.57 bits per heavy atom. The summed E-state index contributed by atoms with van der Waals surface area (Å²) in [5.74, 6) is -0.250. The minimum absolute atomic E-state index is 0.250. The van der Waals surface area contributed by atoms with Crippen LogP contribution in [-0.2, 0) is 26.1 Å². The topological polar surface area (TPSA) is 66.9 Å². The molecule has 6 nitrogen and oxygen atoms in total. The Hall–Kier alpha value is -1.60. The lowest BCUT2D eigenvalue weighted by Gasteiger charge is -2.28. The summed E-state index contributed by atoms with van der Waals surface area (Å²) in [6, 6.07) is 7.07. The Balaban J connectivity index is 2.34. The van der Waals surface area contributed by atoms with Gasteiger partial charge in [0.1, 0.15) is 6.04 Å². The van der Waals surface area contributed by atoms with Gasteiger partial charge in [-0.25, -0.2) is 8.42 Å². The Morgan fingerprint density at radius 1 is 1.26 bits per heavy atom. The second-order valence-corrected chi connectivity index (χ2v) is 7.52. The van der Waals surface area contributed by atoms with Gasteiger partial charge in [0.05, 0.1) is 18.6 Å². The van der Waals surface area contributed by atoms with E-state index in [2.05, 4.69) is 0 Å². The van der Waals surface area contributed by atoms with Crippen molar-refractivity contribution in [1.82, 2.24) is 4.90 Å². The van der Waals surface area contributed by atoms with Crippen molar-refractivity contribution >= 4 is 21.7 Å². The van der Waals surface area contributed by atoms with Crippen molar-refractivity contribution in [2.24, 2.45) is 0 Å². The zero-order chi connectivity index (χ0) is 17.0. The van der Waals surface area contributed by atoms with Crippen LogP contribution in [0.5, 0.6) is 0 Å². The SMILES string of the molecule is CCOC(=O)C(CC)N1CCN(S(C)(=O)=O)c2ccccc2C1. The number of carbonyl (C=O) groups is 1. The van der Waals surface area contributed by atoms with E-state index in [4.69, 9.17) is 4.74 Å². The Morgan fingerprint density at radius 2 is 1.96 bits per heavy atom. The van der Waals surface area contributed by atoms with E-state index in [0.717, 1.165) is 5.56 Å². The minimum atomic E-state index is -3.36. The van der Waals surface area contributed by atoms with Crippen LogP contribution in [0.1, 0.15) is 25.8 Å². The molecule has 2 rings (SSSR count). The summed E-state index contributed by atoms with van der Waals surface area (Å²) >= 11 is 0. The highest BCUT2D eigenvalue weighted by atomic mass is 32.2. The molecule has 0 N–H and O–H groups in total. The fraction of sp³-hybridized carbons (Fsp3) is 0.562.